The van der Waals surface area contributed by atoms with Crippen LogP contribution in [0.2, 0.25) is 0 Å². The number of carbonyl (C=O) groups is 2. The SMILES string of the molecule is COc1ccc(N2C(=O)C[C@H](Sc3nc4c(cc3C#N)C[C@H](C)CC4)C2=O)cc1. The van der Waals surface area contributed by atoms with Crippen LogP contribution < -0.4 is 9.64 Å². The molecule has 0 spiro atoms. The van der Waals surface area contributed by atoms with Crippen LogP contribution in [-0.4, -0.2) is 29.2 Å². The van der Waals surface area contributed by atoms with Crippen LogP contribution in [0.4, 0.5) is 5.69 Å². The van der Waals surface area contributed by atoms with Crippen molar-refractivity contribution < 1.29 is 14.3 Å². The molecular weight excluding hydrogens is 386 g/mol. The number of carbonyl (C=O) groups excluding carboxylic acids is 2. The molecule has 7 heteroatoms. The Hall–Kier alpha value is -2.85. The molecule has 0 radical (unpaired) electrons. The van der Waals surface area contributed by atoms with Crippen LogP contribution in [0.25, 0.3) is 0 Å². The van der Waals surface area contributed by atoms with Gasteiger partial charge in [-0.05, 0) is 61.1 Å². The third-order valence-electron chi connectivity index (χ3n) is 5.41. The molecule has 2 aromatic rings. The number of aromatic nitrogens is 1. The van der Waals surface area contributed by atoms with Crippen LogP contribution in [0.5, 0.6) is 5.75 Å². The summed E-state index contributed by atoms with van der Waals surface area (Å²) in [5, 5.41) is 9.55. The van der Waals surface area contributed by atoms with Gasteiger partial charge in [-0.25, -0.2) is 9.88 Å². The van der Waals surface area contributed by atoms with E-state index in [0.29, 0.717) is 27.9 Å². The molecule has 6 nitrogen and oxygen atoms in total. The minimum Gasteiger partial charge on any atom is -0.497 e. The summed E-state index contributed by atoms with van der Waals surface area (Å²) in [7, 11) is 1.56. The first-order valence-electron chi connectivity index (χ1n) is 9.60. The Kier molecular flexibility index (Phi) is 5.29. The van der Waals surface area contributed by atoms with Crippen molar-refractivity contribution in [2.45, 2.75) is 42.9 Å². The zero-order valence-corrected chi connectivity index (χ0v) is 17.2. The first-order valence-corrected chi connectivity index (χ1v) is 10.5. The van der Waals surface area contributed by atoms with Crippen LogP contribution >= 0.6 is 11.8 Å². The smallest absolute Gasteiger partial charge is 0.247 e. The normalized spacial score (nSPS) is 21.1. The molecule has 1 aliphatic heterocycles. The predicted molar refractivity (Wildman–Crippen MR) is 110 cm³/mol. The van der Waals surface area contributed by atoms with Gasteiger partial charge in [0.2, 0.25) is 11.8 Å². The lowest BCUT2D eigenvalue weighted by atomic mass is 9.87. The highest BCUT2D eigenvalue weighted by Crippen LogP contribution is 2.36. The molecular formula is C22H21N3O3S. The van der Waals surface area contributed by atoms with Gasteiger partial charge < -0.3 is 4.74 Å². The average Bonchev–Trinajstić information content (AvgIpc) is 3.00. The lowest BCUT2D eigenvalue weighted by molar-refractivity contribution is -0.121. The number of nitrogens with zero attached hydrogens (tertiary/aromatic N) is 3. The quantitative estimate of drug-likeness (QED) is 0.721. The molecule has 2 atom stereocenters. The number of aryl methyl sites for hydroxylation is 1. The monoisotopic (exact) mass is 407 g/mol. The molecule has 1 aromatic carbocycles. The molecule has 2 amide bonds. The topological polar surface area (TPSA) is 83.3 Å². The first kappa shape index (κ1) is 19.5. The third kappa shape index (κ3) is 3.73. The van der Waals surface area contributed by atoms with E-state index in [1.165, 1.54) is 16.7 Å². The number of benzene rings is 1. The molecule has 29 heavy (non-hydrogen) atoms. The van der Waals surface area contributed by atoms with Gasteiger partial charge in [0.15, 0.2) is 0 Å². The lowest BCUT2D eigenvalue weighted by Crippen LogP contribution is -2.31. The molecule has 0 N–H and O–H groups in total. The molecule has 1 aromatic heterocycles. The second-order valence-corrected chi connectivity index (χ2v) is 8.67. The van der Waals surface area contributed by atoms with E-state index in [4.69, 9.17) is 9.72 Å². The van der Waals surface area contributed by atoms with E-state index in [1.807, 2.05) is 6.07 Å². The van der Waals surface area contributed by atoms with Crippen molar-refractivity contribution in [3.8, 4) is 11.8 Å². The Morgan fingerprint density at radius 2 is 2.00 bits per heavy atom. The minimum atomic E-state index is -0.579. The Morgan fingerprint density at radius 1 is 1.24 bits per heavy atom. The average molecular weight is 407 g/mol. The molecule has 1 fully saturated rings. The number of rotatable bonds is 4. The van der Waals surface area contributed by atoms with Gasteiger partial charge in [0.25, 0.3) is 0 Å². The van der Waals surface area contributed by atoms with Crippen LogP contribution in [0.1, 0.15) is 36.6 Å². The van der Waals surface area contributed by atoms with Crippen LogP contribution in [-0.2, 0) is 22.4 Å². The fraction of sp³-hybridized carbons (Fsp3) is 0.364. The van der Waals surface area contributed by atoms with Crippen molar-refractivity contribution in [3.05, 3.63) is 47.2 Å². The number of hydrogen-bond donors (Lipinski definition) is 0. The van der Waals surface area contributed by atoms with Gasteiger partial charge in [0.1, 0.15) is 16.8 Å². The van der Waals surface area contributed by atoms with Crippen molar-refractivity contribution in [1.82, 2.24) is 4.98 Å². The Balaban J connectivity index is 1.58. The summed E-state index contributed by atoms with van der Waals surface area (Å²) >= 11 is 1.22. The molecule has 4 rings (SSSR count). The number of nitriles is 1. The van der Waals surface area contributed by atoms with Gasteiger partial charge in [-0.2, -0.15) is 5.26 Å². The number of hydrogen-bond acceptors (Lipinski definition) is 6. The maximum atomic E-state index is 12.9. The predicted octanol–water partition coefficient (Wildman–Crippen LogP) is 3.51. The number of imide groups is 1. The summed E-state index contributed by atoms with van der Waals surface area (Å²) in [5.74, 6) is 0.719. The van der Waals surface area contributed by atoms with E-state index in [0.717, 1.165) is 30.5 Å². The van der Waals surface area contributed by atoms with E-state index < -0.39 is 5.25 Å². The van der Waals surface area contributed by atoms with E-state index in [2.05, 4.69) is 13.0 Å². The molecule has 2 heterocycles. The van der Waals surface area contributed by atoms with Crippen molar-refractivity contribution in [2.75, 3.05) is 12.0 Å². The van der Waals surface area contributed by atoms with Crippen molar-refractivity contribution in [3.63, 3.8) is 0 Å². The number of methoxy groups -OCH3 is 1. The van der Waals surface area contributed by atoms with Gasteiger partial charge >= 0.3 is 0 Å². The zero-order valence-electron chi connectivity index (χ0n) is 16.3. The van der Waals surface area contributed by atoms with Gasteiger partial charge in [0.05, 0.1) is 23.6 Å². The van der Waals surface area contributed by atoms with E-state index in [9.17, 15) is 14.9 Å². The highest BCUT2D eigenvalue weighted by molar-refractivity contribution is 8.00. The summed E-state index contributed by atoms with van der Waals surface area (Å²) in [6.07, 6.45) is 2.97. The highest BCUT2D eigenvalue weighted by Gasteiger charge is 2.41. The minimum absolute atomic E-state index is 0.0934. The number of fused-ring (bicyclic) bond motifs is 1. The van der Waals surface area contributed by atoms with Crippen molar-refractivity contribution >= 4 is 29.3 Å². The fourth-order valence-corrected chi connectivity index (χ4v) is 4.93. The highest BCUT2D eigenvalue weighted by atomic mass is 32.2. The standard InChI is InChI=1S/C22H21N3O3S/c1-13-3-8-18-14(9-13)10-15(12-23)21(24-18)29-19-11-20(26)25(22(19)27)16-4-6-17(28-2)7-5-16/h4-7,10,13,19H,3,8-9,11H2,1-2H3/t13-,19+/m1/s1. The summed E-state index contributed by atoms with van der Waals surface area (Å²) in [6.45, 7) is 2.20. The molecule has 148 valence electrons. The molecule has 0 bridgehead atoms. The van der Waals surface area contributed by atoms with E-state index in [-0.39, 0.29) is 18.2 Å². The van der Waals surface area contributed by atoms with Crippen molar-refractivity contribution in [2.24, 2.45) is 5.92 Å². The van der Waals surface area contributed by atoms with Gasteiger partial charge in [-0.15, -0.1) is 0 Å². The largest absolute Gasteiger partial charge is 0.497 e. The summed E-state index contributed by atoms with van der Waals surface area (Å²) < 4.78 is 5.13. The maximum absolute atomic E-state index is 12.9. The van der Waals surface area contributed by atoms with Crippen molar-refractivity contribution in [1.29, 1.82) is 5.26 Å². The van der Waals surface area contributed by atoms with Crippen LogP contribution in [0, 0.1) is 17.2 Å². The number of anilines is 1. The number of amides is 2. The summed E-state index contributed by atoms with van der Waals surface area (Å²) in [4.78, 5) is 31.4. The van der Waals surface area contributed by atoms with Crippen LogP contribution in [0.15, 0.2) is 35.4 Å². The van der Waals surface area contributed by atoms with Gasteiger partial charge in [0, 0.05) is 12.1 Å². The van der Waals surface area contributed by atoms with Gasteiger partial charge in [-0.1, -0.05) is 18.7 Å². The molecule has 2 aliphatic rings. The first-order chi connectivity index (χ1) is 14.0. The Labute approximate surface area is 173 Å². The second-order valence-electron chi connectivity index (χ2n) is 7.48. The zero-order chi connectivity index (χ0) is 20.5. The number of thioether (sulfide) groups is 1. The lowest BCUT2D eigenvalue weighted by Gasteiger charge is -2.22. The molecule has 1 saturated heterocycles. The Bertz CT molecular complexity index is 1010. The van der Waals surface area contributed by atoms with Gasteiger partial charge in [-0.3, -0.25) is 9.59 Å². The fourth-order valence-electron chi connectivity index (χ4n) is 3.83. The summed E-state index contributed by atoms with van der Waals surface area (Å²) in [5.41, 5.74) is 3.13. The number of ether oxygens (including phenoxy) is 1. The molecule has 0 saturated carbocycles. The maximum Gasteiger partial charge on any atom is 0.247 e. The summed E-state index contributed by atoms with van der Waals surface area (Å²) in [6, 6.07) is 10.9. The third-order valence-corrected chi connectivity index (χ3v) is 6.60. The Morgan fingerprint density at radius 3 is 2.69 bits per heavy atom. The molecule has 0 unspecified atom stereocenters. The second kappa shape index (κ2) is 7.88. The van der Waals surface area contributed by atoms with E-state index in [1.54, 1.807) is 31.4 Å². The van der Waals surface area contributed by atoms with E-state index >= 15 is 0 Å². The molecule has 1 aliphatic carbocycles. The number of pyridine rings is 1. The van der Waals surface area contributed by atoms with Crippen LogP contribution in [0.3, 0.4) is 0 Å².